The van der Waals surface area contributed by atoms with Gasteiger partial charge in [0.1, 0.15) is 16.2 Å². The molecule has 0 spiro atoms. The van der Waals surface area contributed by atoms with E-state index >= 15 is 0 Å². The molecule has 0 atom stereocenters. The third-order valence-electron chi connectivity index (χ3n) is 2.26. The van der Waals surface area contributed by atoms with Gasteiger partial charge in [-0.15, -0.1) is 0 Å². The van der Waals surface area contributed by atoms with E-state index in [0.717, 1.165) is 16.2 Å². The van der Waals surface area contributed by atoms with Crippen LogP contribution in [0.2, 0.25) is 0 Å². The third kappa shape index (κ3) is 3.82. The van der Waals surface area contributed by atoms with Crippen LogP contribution in [0.25, 0.3) is 0 Å². The Bertz CT molecular complexity index is 457. The number of rotatable bonds is 4. The van der Waals surface area contributed by atoms with Gasteiger partial charge >= 0.3 is 0 Å². The molecule has 4 heteroatoms. The lowest BCUT2D eigenvalue weighted by molar-refractivity contribution is 0.318. The highest BCUT2D eigenvalue weighted by molar-refractivity contribution is 9.10. The Morgan fingerprint density at radius 1 is 1.29 bits per heavy atom. The molecule has 0 N–H and O–H groups in total. The Kier molecular flexibility index (Phi) is 4.09. The van der Waals surface area contributed by atoms with Gasteiger partial charge in [-0.1, -0.05) is 12.1 Å². The highest BCUT2D eigenvalue weighted by Gasteiger charge is 1.99. The molecule has 0 aliphatic carbocycles. The lowest BCUT2D eigenvalue weighted by atomic mass is 10.2. The highest BCUT2D eigenvalue weighted by Crippen LogP contribution is 2.12. The molecule has 2 rings (SSSR count). The van der Waals surface area contributed by atoms with Gasteiger partial charge in [0.05, 0.1) is 6.61 Å². The SMILES string of the molecule is Cc1cccc(OCCc2nccc(Br)n2)c1. The fourth-order valence-corrected chi connectivity index (χ4v) is 1.78. The van der Waals surface area contributed by atoms with Gasteiger partial charge in [0.2, 0.25) is 0 Å². The van der Waals surface area contributed by atoms with E-state index in [0.29, 0.717) is 13.0 Å². The van der Waals surface area contributed by atoms with Crippen LogP contribution >= 0.6 is 15.9 Å². The van der Waals surface area contributed by atoms with Crippen molar-refractivity contribution in [3.8, 4) is 5.75 Å². The number of halogens is 1. The van der Waals surface area contributed by atoms with Crippen molar-refractivity contribution in [2.24, 2.45) is 0 Å². The number of hydrogen-bond acceptors (Lipinski definition) is 3. The topological polar surface area (TPSA) is 35.0 Å². The van der Waals surface area contributed by atoms with Crippen molar-refractivity contribution in [1.82, 2.24) is 9.97 Å². The lowest BCUT2D eigenvalue weighted by Gasteiger charge is -2.06. The van der Waals surface area contributed by atoms with Crippen LogP contribution in [0.4, 0.5) is 0 Å². The summed E-state index contributed by atoms with van der Waals surface area (Å²) in [7, 11) is 0. The Hall–Kier alpha value is -1.42. The van der Waals surface area contributed by atoms with E-state index in [4.69, 9.17) is 4.74 Å². The van der Waals surface area contributed by atoms with Crippen molar-refractivity contribution in [2.75, 3.05) is 6.61 Å². The van der Waals surface area contributed by atoms with Crippen LogP contribution in [-0.4, -0.2) is 16.6 Å². The quantitative estimate of drug-likeness (QED) is 0.812. The minimum Gasteiger partial charge on any atom is -0.493 e. The normalized spacial score (nSPS) is 10.2. The highest BCUT2D eigenvalue weighted by atomic mass is 79.9. The van der Waals surface area contributed by atoms with Crippen molar-refractivity contribution in [1.29, 1.82) is 0 Å². The van der Waals surface area contributed by atoms with Crippen LogP contribution in [0.1, 0.15) is 11.4 Å². The van der Waals surface area contributed by atoms with Gasteiger partial charge in [0.25, 0.3) is 0 Å². The maximum atomic E-state index is 5.64. The fourth-order valence-electron chi connectivity index (χ4n) is 1.46. The summed E-state index contributed by atoms with van der Waals surface area (Å²) in [5.74, 6) is 1.67. The number of aromatic nitrogens is 2. The van der Waals surface area contributed by atoms with E-state index in [2.05, 4.69) is 25.9 Å². The minimum absolute atomic E-state index is 0.583. The first kappa shape index (κ1) is 12.0. The van der Waals surface area contributed by atoms with E-state index in [1.54, 1.807) is 6.20 Å². The molecule has 0 unspecified atom stereocenters. The largest absolute Gasteiger partial charge is 0.493 e. The van der Waals surface area contributed by atoms with Crippen molar-refractivity contribution in [2.45, 2.75) is 13.3 Å². The number of aryl methyl sites for hydroxylation is 1. The molecule has 0 saturated heterocycles. The minimum atomic E-state index is 0.583. The second-order valence-electron chi connectivity index (χ2n) is 3.71. The molecular weight excluding hydrogens is 280 g/mol. The molecule has 1 heterocycles. The molecule has 0 saturated carbocycles. The van der Waals surface area contributed by atoms with Crippen LogP contribution in [0.5, 0.6) is 5.75 Å². The molecule has 1 aromatic heterocycles. The van der Waals surface area contributed by atoms with Crippen molar-refractivity contribution < 1.29 is 4.74 Å². The van der Waals surface area contributed by atoms with E-state index in [1.165, 1.54) is 5.56 Å². The zero-order valence-corrected chi connectivity index (χ0v) is 11.1. The first-order chi connectivity index (χ1) is 8.24. The summed E-state index contributed by atoms with van der Waals surface area (Å²) >= 11 is 3.32. The molecule has 0 amide bonds. The van der Waals surface area contributed by atoms with E-state index < -0.39 is 0 Å². The number of benzene rings is 1. The Morgan fingerprint density at radius 3 is 2.94 bits per heavy atom. The molecule has 88 valence electrons. The first-order valence-corrected chi connectivity index (χ1v) is 6.20. The lowest BCUT2D eigenvalue weighted by Crippen LogP contribution is -2.04. The standard InChI is InChI=1S/C13H13BrN2O/c1-10-3-2-4-11(9-10)17-8-6-13-15-7-5-12(14)16-13/h2-5,7,9H,6,8H2,1H3. The Morgan fingerprint density at radius 2 is 2.18 bits per heavy atom. The van der Waals surface area contributed by atoms with E-state index in [9.17, 15) is 0 Å². The van der Waals surface area contributed by atoms with Gasteiger partial charge < -0.3 is 4.74 Å². The molecule has 0 bridgehead atoms. The van der Waals surface area contributed by atoms with E-state index in [1.807, 2.05) is 37.3 Å². The van der Waals surface area contributed by atoms with Gasteiger partial charge in [0.15, 0.2) is 0 Å². The fraction of sp³-hybridized carbons (Fsp3) is 0.231. The zero-order chi connectivity index (χ0) is 12.1. The van der Waals surface area contributed by atoms with Gasteiger partial charge in [-0.3, -0.25) is 0 Å². The van der Waals surface area contributed by atoms with Crippen molar-refractivity contribution in [3.05, 3.63) is 52.5 Å². The molecule has 2 aromatic rings. The summed E-state index contributed by atoms with van der Waals surface area (Å²) in [5.41, 5.74) is 1.20. The molecule has 0 aliphatic rings. The average molecular weight is 293 g/mol. The monoisotopic (exact) mass is 292 g/mol. The van der Waals surface area contributed by atoms with Crippen molar-refractivity contribution in [3.63, 3.8) is 0 Å². The summed E-state index contributed by atoms with van der Waals surface area (Å²) in [6, 6.07) is 9.81. The predicted molar refractivity (Wildman–Crippen MR) is 70.1 cm³/mol. The maximum Gasteiger partial charge on any atom is 0.132 e. The van der Waals surface area contributed by atoms with Gasteiger partial charge in [-0.05, 0) is 46.6 Å². The molecule has 1 aromatic carbocycles. The summed E-state index contributed by atoms with van der Waals surface area (Å²) in [6.45, 7) is 2.63. The molecule has 0 radical (unpaired) electrons. The van der Waals surface area contributed by atoms with E-state index in [-0.39, 0.29) is 0 Å². The second kappa shape index (κ2) is 5.77. The van der Waals surface area contributed by atoms with Crippen LogP contribution in [0.15, 0.2) is 41.1 Å². The zero-order valence-electron chi connectivity index (χ0n) is 9.56. The second-order valence-corrected chi connectivity index (χ2v) is 4.52. The smallest absolute Gasteiger partial charge is 0.132 e. The summed E-state index contributed by atoms with van der Waals surface area (Å²) in [4.78, 5) is 8.41. The van der Waals surface area contributed by atoms with Crippen LogP contribution < -0.4 is 4.74 Å². The molecule has 0 fully saturated rings. The third-order valence-corrected chi connectivity index (χ3v) is 2.70. The summed E-state index contributed by atoms with van der Waals surface area (Å²) < 4.78 is 6.44. The van der Waals surface area contributed by atoms with Gasteiger partial charge in [0, 0.05) is 12.6 Å². The van der Waals surface area contributed by atoms with Gasteiger partial charge in [-0.25, -0.2) is 9.97 Å². The first-order valence-electron chi connectivity index (χ1n) is 5.41. The predicted octanol–water partition coefficient (Wildman–Crippen LogP) is 3.17. The number of ether oxygens (including phenoxy) is 1. The van der Waals surface area contributed by atoms with Crippen molar-refractivity contribution >= 4 is 15.9 Å². The maximum absolute atomic E-state index is 5.64. The van der Waals surface area contributed by atoms with Crippen LogP contribution in [0.3, 0.4) is 0 Å². The molecule has 0 aliphatic heterocycles. The summed E-state index contributed by atoms with van der Waals surface area (Å²) in [5, 5.41) is 0. The Labute approximate surface area is 109 Å². The molecular formula is C13H13BrN2O. The summed E-state index contributed by atoms with van der Waals surface area (Å²) in [6.07, 6.45) is 2.44. The number of nitrogens with zero attached hydrogens (tertiary/aromatic N) is 2. The van der Waals surface area contributed by atoms with Crippen LogP contribution in [-0.2, 0) is 6.42 Å². The van der Waals surface area contributed by atoms with Gasteiger partial charge in [-0.2, -0.15) is 0 Å². The average Bonchev–Trinajstić information content (AvgIpc) is 2.29. The van der Waals surface area contributed by atoms with Crippen LogP contribution in [0, 0.1) is 6.92 Å². The molecule has 3 nitrogen and oxygen atoms in total. The molecule has 17 heavy (non-hydrogen) atoms. The Balaban J connectivity index is 1.87. The number of hydrogen-bond donors (Lipinski definition) is 0.